The van der Waals surface area contributed by atoms with Crippen molar-refractivity contribution in [2.24, 2.45) is 0 Å². The van der Waals surface area contributed by atoms with Crippen molar-refractivity contribution in [2.75, 3.05) is 25.4 Å². The summed E-state index contributed by atoms with van der Waals surface area (Å²) < 4.78 is 5.55. The van der Waals surface area contributed by atoms with Crippen molar-refractivity contribution in [3.8, 4) is 0 Å². The van der Waals surface area contributed by atoms with Crippen LogP contribution in [0.1, 0.15) is 12.8 Å². The van der Waals surface area contributed by atoms with Crippen LogP contribution in [-0.2, 0) is 4.74 Å². The largest absolute Gasteiger partial charge is 0.377 e. The fourth-order valence-corrected chi connectivity index (χ4v) is 3.09. The summed E-state index contributed by atoms with van der Waals surface area (Å²) in [7, 11) is 0. The Morgan fingerprint density at radius 1 is 1.33 bits per heavy atom. The first-order chi connectivity index (χ1) is 8.75. The van der Waals surface area contributed by atoms with Gasteiger partial charge in [-0.25, -0.2) is 0 Å². The van der Waals surface area contributed by atoms with Gasteiger partial charge in [0.2, 0.25) is 0 Å². The number of ether oxygens (including phenoxy) is 1. The van der Waals surface area contributed by atoms with E-state index in [1.54, 1.807) is 11.8 Å². The lowest BCUT2D eigenvalue weighted by atomic mass is 10.2. The first kappa shape index (κ1) is 14.5. The van der Waals surface area contributed by atoms with Crippen molar-refractivity contribution < 1.29 is 4.74 Å². The Kier molecular flexibility index (Phi) is 6.12. The molecule has 1 saturated heterocycles. The molecule has 0 amide bonds. The van der Waals surface area contributed by atoms with E-state index in [1.807, 2.05) is 18.2 Å². The maximum atomic E-state index is 5.96. The van der Waals surface area contributed by atoms with E-state index in [-0.39, 0.29) is 0 Å². The number of nitrogens with one attached hydrogen (secondary N) is 1. The molecule has 0 spiro atoms. The molecule has 1 unspecified atom stereocenters. The van der Waals surface area contributed by atoms with Crippen LogP contribution < -0.4 is 5.32 Å². The van der Waals surface area contributed by atoms with Crippen LogP contribution in [0, 0.1) is 0 Å². The summed E-state index contributed by atoms with van der Waals surface area (Å²) in [6, 6.07) is 5.75. The lowest BCUT2D eigenvalue weighted by Gasteiger charge is -2.10. The van der Waals surface area contributed by atoms with Crippen LogP contribution >= 0.6 is 35.0 Å². The summed E-state index contributed by atoms with van der Waals surface area (Å²) in [6.45, 7) is 2.86. The third kappa shape index (κ3) is 4.63. The van der Waals surface area contributed by atoms with Gasteiger partial charge in [-0.3, -0.25) is 0 Å². The molecule has 1 fully saturated rings. The van der Waals surface area contributed by atoms with Crippen LogP contribution in [0.2, 0.25) is 10.0 Å². The van der Waals surface area contributed by atoms with Gasteiger partial charge in [0.05, 0.1) is 16.1 Å². The van der Waals surface area contributed by atoms with E-state index in [1.165, 1.54) is 12.8 Å². The molecule has 0 radical (unpaired) electrons. The second kappa shape index (κ2) is 7.61. The predicted molar refractivity (Wildman–Crippen MR) is 79.0 cm³/mol. The molecule has 1 aromatic rings. The maximum Gasteiger partial charge on any atom is 0.0700 e. The molecule has 2 nitrogen and oxygen atoms in total. The highest BCUT2D eigenvalue weighted by Crippen LogP contribution is 2.27. The highest BCUT2D eigenvalue weighted by Gasteiger charge is 2.14. The van der Waals surface area contributed by atoms with Crippen LogP contribution in [0.3, 0.4) is 0 Å². The molecule has 1 aliphatic rings. The van der Waals surface area contributed by atoms with E-state index in [2.05, 4.69) is 5.32 Å². The zero-order valence-corrected chi connectivity index (χ0v) is 12.5. The minimum atomic E-state index is 0.417. The Morgan fingerprint density at radius 3 is 2.94 bits per heavy atom. The van der Waals surface area contributed by atoms with Gasteiger partial charge in [0.25, 0.3) is 0 Å². The van der Waals surface area contributed by atoms with E-state index >= 15 is 0 Å². The van der Waals surface area contributed by atoms with Gasteiger partial charge >= 0.3 is 0 Å². The molecule has 0 aromatic heterocycles. The van der Waals surface area contributed by atoms with E-state index in [0.29, 0.717) is 16.1 Å². The van der Waals surface area contributed by atoms with Gasteiger partial charge in [0, 0.05) is 30.3 Å². The second-order valence-electron chi connectivity index (χ2n) is 4.26. The van der Waals surface area contributed by atoms with Crippen molar-refractivity contribution in [1.29, 1.82) is 0 Å². The summed E-state index contributed by atoms with van der Waals surface area (Å²) in [5.41, 5.74) is 0. The molecule has 5 heteroatoms. The zero-order chi connectivity index (χ0) is 12.8. The number of halogens is 2. The van der Waals surface area contributed by atoms with E-state index < -0.39 is 0 Å². The molecule has 1 aromatic carbocycles. The Labute approximate surface area is 122 Å². The molecule has 1 heterocycles. The van der Waals surface area contributed by atoms with Crippen LogP contribution in [0.4, 0.5) is 0 Å². The molecule has 0 bridgehead atoms. The molecule has 18 heavy (non-hydrogen) atoms. The summed E-state index contributed by atoms with van der Waals surface area (Å²) >= 11 is 13.6. The summed E-state index contributed by atoms with van der Waals surface area (Å²) in [5.74, 6) is 1.02. The maximum absolute atomic E-state index is 5.96. The van der Waals surface area contributed by atoms with Crippen molar-refractivity contribution >= 4 is 35.0 Å². The van der Waals surface area contributed by atoms with Gasteiger partial charge in [0.1, 0.15) is 0 Å². The van der Waals surface area contributed by atoms with Gasteiger partial charge < -0.3 is 10.1 Å². The molecule has 0 saturated carbocycles. The van der Waals surface area contributed by atoms with Crippen molar-refractivity contribution in [3.63, 3.8) is 0 Å². The van der Waals surface area contributed by atoms with Crippen LogP contribution in [0.25, 0.3) is 0 Å². The van der Waals surface area contributed by atoms with Gasteiger partial charge in [-0.1, -0.05) is 23.2 Å². The van der Waals surface area contributed by atoms with Gasteiger partial charge in [0.15, 0.2) is 0 Å². The zero-order valence-electron chi connectivity index (χ0n) is 10.1. The second-order valence-corrected chi connectivity index (χ2v) is 6.25. The van der Waals surface area contributed by atoms with E-state index in [0.717, 1.165) is 30.3 Å². The number of hydrogen-bond acceptors (Lipinski definition) is 3. The van der Waals surface area contributed by atoms with E-state index in [4.69, 9.17) is 27.9 Å². The molecule has 1 aliphatic heterocycles. The van der Waals surface area contributed by atoms with Crippen LogP contribution in [0.15, 0.2) is 23.1 Å². The fourth-order valence-electron chi connectivity index (χ4n) is 1.88. The Balaban J connectivity index is 1.61. The van der Waals surface area contributed by atoms with Gasteiger partial charge in [-0.15, -0.1) is 11.8 Å². The van der Waals surface area contributed by atoms with Crippen LogP contribution in [-0.4, -0.2) is 31.6 Å². The third-order valence-electron chi connectivity index (χ3n) is 2.83. The predicted octanol–water partition coefficient (Wildman–Crippen LogP) is 3.85. The van der Waals surface area contributed by atoms with Crippen LogP contribution in [0.5, 0.6) is 0 Å². The molecule has 2 rings (SSSR count). The van der Waals surface area contributed by atoms with Crippen molar-refractivity contribution in [2.45, 2.75) is 23.8 Å². The summed E-state index contributed by atoms with van der Waals surface area (Å²) in [6.07, 6.45) is 2.80. The molecule has 0 aliphatic carbocycles. The van der Waals surface area contributed by atoms with Crippen molar-refractivity contribution in [1.82, 2.24) is 5.32 Å². The topological polar surface area (TPSA) is 21.3 Å². The number of rotatable bonds is 6. The number of benzene rings is 1. The lowest BCUT2D eigenvalue weighted by molar-refractivity contribution is 0.110. The van der Waals surface area contributed by atoms with Gasteiger partial charge in [-0.05, 0) is 31.0 Å². The smallest absolute Gasteiger partial charge is 0.0700 e. The Morgan fingerprint density at radius 2 is 2.22 bits per heavy atom. The first-order valence-electron chi connectivity index (χ1n) is 6.16. The molecular weight excluding hydrogens is 289 g/mol. The monoisotopic (exact) mass is 305 g/mol. The summed E-state index contributed by atoms with van der Waals surface area (Å²) in [5, 5.41) is 4.65. The SMILES string of the molecule is Clc1ccc(SCCNCC2CCCO2)cc1Cl. The minimum absolute atomic E-state index is 0.417. The van der Waals surface area contributed by atoms with Gasteiger partial charge in [-0.2, -0.15) is 0 Å². The highest BCUT2D eigenvalue weighted by atomic mass is 35.5. The molecule has 100 valence electrons. The lowest BCUT2D eigenvalue weighted by Crippen LogP contribution is -2.27. The van der Waals surface area contributed by atoms with E-state index in [9.17, 15) is 0 Å². The molecular formula is C13H17Cl2NOS. The normalized spacial score (nSPS) is 19.3. The number of thioether (sulfide) groups is 1. The molecule has 1 N–H and O–H groups in total. The highest BCUT2D eigenvalue weighted by molar-refractivity contribution is 7.99. The third-order valence-corrected chi connectivity index (χ3v) is 4.57. The average Bonchev–Trinajstić information content (AvgIpc) is 2.86. The Bertz CT molecular complexity index is 383. The number of hydrogen-bond donors (Lipinski definition) is 1. The fraction of sp³-hybridized carbons (Fsp3) is 0.538. The Hall–Kier alpha value is 0.0700. The standard InChI is InChI=1S/C13H17Cl2NOS/c14-12-4-3-11(8-13(12)15)18-7-5-16-9-10-2-1-6-17-10/h3-4,8,10,16H,1-2,5-7,9H2. The summed E-state index contributed by atoms with van der Waals surface area (Å²) in [4.78, 5) is 1.16. The van der Waals surface area contributed by atoms with Crippen molar-refractivity contribution in [3.05, 3.63) is 28.2 Å². The minimum Gasteiger partial charge on any atom is -0.377 e. The average molecular weight is 306 g/mol. The molecule has 1 atom stereocenters. The first-order valence-corrected chi connectivity index (χ1v) is 7.90. The quantitative estimate of drug-likeness (QED) is 0.637.